The summed E-state index contributed by atoms with van der Waals surface area (Å²) in [6, 6.07) is 0. The van der Waals surface area contributed by atoms with Crippen LogP contribution < -0.4 is 0 Å². The molecule has 2 rings (SSSR count). The molecule has 1 aliphatic heterocycles. The average Bonchev–Trinajstić information content (AvgIpc) is 2.80. The number of piperidine rings is 1. The van der Waals surface area contributed by atoms with Crippen molar-refractivity contribution in [2.45, 2.75) is 44.6 Å². The molecule has 2 heterocycles. The molecule has 0 spiro atoms. The predicted molar refractivity (Wildman–Crippen MR) is 71.0 cm³/mol. The van der Waals surface area contributed by atoms with Crippen molar-refractivity contribution in [3.05, 3.63) is 11.4 Å². The van der Waals surface area contributed by atoms with Crippen molar-refractivity contribution in [1.29, 1.82) is 0 Å². The first-order valence-corrected chi connectivity index (χ1v) is 8.09. The zero-order valence-electron chi connectivity index (χ0n) is 11.4. The van der Waals surface area contributed by atoms with Gasteiger partial charge in [-0.25, -0.2) is 8.42 Å². The number of hydrogen-bond donors (Lipinski definition) is 2. The first-order valence-electron chi connectivity index (χ1n) is 6.65. The SMILES string of the molecule is CCC1CCCN(S(=O)(=O)c2c(CO)n[nH]c2C)C1. The summed E-state index contributed by atoms with van der Waals surface area (Å²) in [6.45, 7) is 4.50. The summed E-state index contributed by atoms with van der Waals surface area (Å²) in [5.41, 5.74) is 0.693. The van der Waals surface area contributed by atoms with E-state index in [0.717, 1.165) is 19.3 Å². The van der Waals surface area contributed by atoms with Gasteiger partial charge in [0.05, 0.1) is 12.3 Å². The molecule has 0 aromatic carbocycles. The van der Waals surface area contributed by atoms with E-state index in [9.17, 15) is 13.5 Å². The van der Waals surface area contributed by atoms with Crippen molar-refractivity contribution < 1.29 is 13.5 Å². The van der Waals surface area contributed by atoms with E-state index in [0.29, 0.717) is 24.7 Å². The van der Waals surface area contributed by atoms with E-state index < -0.39 is 10.0 Å². The second-order valence-corrected chi connectivity index (χ2v) is 6.94. The van der Waals surface area contributed by atoms with Crippen LogP contribution in [0.1, 0.15) is 37.6 Å². The standard InChI is InChI=1S/C12H21N3O3S/c1-3-10-5-4-6-15(7-10)19(17,18)12-9(2)13-14-11(12)8-16/h10,16H,3-8H2,1-2H3,(H,13,14). The van der Waals surface area contributed by atoms with Gasteiger partial charge in [-0.2, -0.15) is 9.40 Å². The summed E-state index contributed by atoms with van der Waals surface area (Å²) in [6.07, 6.45) is 2.96. The highest BCUT2D eigenvalue weighted by atomic mass is 32.2. The second kappa shape index (κ2) is 5.60. The molecule has 6 nitrogen and oxygen atoms in total. The summed E-state index contributed by atoms with van der Waals surface area (Å²) in [5, 5.41) is 15.7. The lowest BCUT2D eigenvalue weighted by molar-refractivity contribution is 0.258. The maximum atomic E-state index is 12.7. The number of nitrogens with one attached hydrogen (secondary N) is 1. The van der Waals surface area contributed by atoms with Crippen LogP contribution in [0.3, 0.4) is 0 Å². The summed E-state index contributed by atoms with van der Waals surface area (Å²) in [4.78, 5) is 0.145. The zero-order valence-corrected chi connectivity index (χ0v) is 12.2. The van der Waals surface area contributed by atoms with Crippen molar-refractivity contribution in [3.63, 3.8) is 0 Å². The average molecular weight is 287 g/mol. The Hall–Kier alpha value is -0.920. The minimum atomic E-state index is -3.56. The Bertz CT molecular complexity index is 538. The number of aromatic amines is 1. The molecule has 1 unspecified atom stereocenters. The van der Waals surface area contributed by atoms with Crippen LogP contribution >= 0.6 is 0 Å². The lowest BCUT2D eigenvalue weighted by atomic mass is 9.97. The topological polar surface area (TPSA) is 86.3 Å². The molecule has 1 fully saturated rings. The number of aromatic nitrogens is 2. The zero-order chi connectivity index (χ0) is 14.0. The third-order valence-electron chi connectivity index (χ3n) is 3.77. The van der Waals surface area contributed by atoms with E-state index in [2.05, 4.69) is 17.1 Å². The van der Waals surface area contributed by atoms with Crippen LogP contribution in [0.15, 0.2) is 4.90 Å². The highest BCUT2D eigenvalue weighted by Gasteiger charge is 2.33. The number of nitrogens with zero attached hydrogens (tertiary/aromatic N) is 2. The Balaban J connectivity index is 2.34. The predicted octanol–water partition coefficient (Wildman–Crippen LogP) is 1.02. The van der Waals surface area contributed by atoms with E-state index in [1.807, 2.05) is 0 Å². The first kappa shape index (κ1) is 14.5. The maximum absolute atomic E-state index is 12.7. The second-order valence-electron chi connectivity index (χ2n) is 5.06. The number of aliphatic hydroxyl groups excluding tert-OH is 1. The minimum absolute atomic E-state index is 0.145. The first-order chi connectivity index (χ1) is 9.00. The van der Waals surface area contributed by atoms with Crippen molar-refractivity contribution in [3.8, 4) is 0 Å². The van der Waals surface area contributed by atoms with Gasteiger partial charge < -0.3 is 5.11 Å². The molecule has 1 saturated heterocycles. The van der Waals surface area contributed by atoms with E-state index in [1.165, 1.54) is 4.31 Å². The van der Waals surface area contributed by atoms with Crippen molar-refractivity contribution >= 4 is 10.0 Å². The largest absolute Gasteiger partial charge is 0.390 e. The van der Waals surface area contributed by atoms with E-state index in [4.69, 9.17) is 0 Å². The fraction of sp³-hybridized carbons (Fsp3) is 0.750. The van der Waals surface area contributed by atoms with Crippen LogP contribution in [-0.4, -0.2) is 41.1 Å². The van der Waals surface area contributed by atoms with Gasteiger partial charge in [0.2, 0.25) is 10.0 Å². The number of rotatable bonds is 4. The Morgan fingerprint density at radius 3 is 2.89 bits per heavy atom. The van der Waals surface area contributed by atoms with Gasteiger partial charge in [-0.05, 0) is 25.7 Å². The van der Waals surface area contributed by atoms with Gasteiger partial charge in [-0.15, -0.1) is 0 Å². The fourth-order valence-electron chi connectivity index (χ4n) is 2.63. The van der Waals surface area contributed by atoms with Crippen LogP contribution in [0, 0.1) is 12.8 Å². The lowest BCUT2D eigenvalue weighted by Crippen LogP contribution is -2.40. The molecule has 0 radical (unpaired) electrons. The molecule has 19 heavy (non-hydrogen) atoms. The maximum Gasteiger partial charge on any atom is 0.246 e. The third-order valence-corrected chi connectivity index (χ3v) is 5.84. The van der Waals surface area contributed by atoms with Crippen molar-refractivity contribution in [2.75, 3.05) is 13.1 Å². The summed E-state index contributed by atoms with van der Waals surface area (Å²) in [5.74, 6) is 0.424. The van der Waals surface area contributed by atoms with Crippen molar-refractivity contribution in [1.82, 2.24) is 14.5 Å². The highest BCUT2D eigenvalue weighted by molar-refractivity contribution is 7.89. The molecule has 108 valence electrons. The monoisotopic (exact) mass is 287 g/mol. The molecule has 0 amide bonds. The molecule has 0 saturated carbocycles. The van der Waals surface area contributed by atoms with E-state index in [-0.39, 0.29) is 17.2 Å². The Morgan fingerprint density at radius 1 is 1.53 bits per heavy atom. The van der Waals surface area contributed by atoms with Gasteiger partial charge in [0.15, 0.2) is 0 Å². The van der Waals surface area contributed by atoms with E-state index in [1.54, 1.807) is 6.92 Å². The molecule has 1 atom stereocenters. The number of aliphatic hydroxyl groups is 1. The van der Waals surface area contributed by atoms with Gasteiger partial charge in [-0.1, -0.05) is 13.3 Å². The Morgan fingerprint density at radius 2 is 2.26 bits per heavy atom. The summed E-state index contributed by atoms with van der Waals surface area (Å²) in [7, 11) is -3.56. The number of sulfonamides is 1. The number of aryl methyl sites for hydroxylation is 1. The van der Waals surface area contributed by atoms with Gasteiger partial charge in [0, 0.05) is 13.1 Å². The Labute approximate surface area is 113 Å². The molecule has 2 N–H and O–H groups in total. The van der Waals surface area contributed by atoms with Crippen molar-refractivity contribution in [2.24, 2.45) is 5.92 Å². The molecule has 7 heteroatoms. The molecule has 1 aromatic heterocycles. The van der Waals surface area contributed by atoms with Gasteiger partial charge in [0.25, 0.3) is 0 Å². The highest BCUT2D eigenvalue weighted by Crippen LogP contribution is 2.28. The lowest BCUT2D eigenvalue weighted by Gasteiger charge is -2.31. The minimum Gasteiger partial charge on any atom is -0.390 e. The molecule has 1 aliphatic rings. The van der Waals surface area contributed by atoms with Crippen LogP contribution in [0.25, 0.3) is 0 Å². The van der Waals surface area contributed by atoms with Crippen LogP contribution in [-0.2, 0) is 16.6 Å². The normalized spacial score (nSPS) is 21.7. The van der Waals surface area contributed by atoms with Gasteiger partial charge in [0.1, 0.15) is 10.6 Å². The smallest absolute Gasteiger partial charge is 0.246 e. The molecular formula is C12H21N3O3S. The number of H-pyrrole nitrogens is 1. The Kier molecular flexibility index (Phi) is 4.27. The van der Waals surface area contributed by atoms with Gasteiger partial charge in [-0.3, -0.25) is 5.10 Å². The van der Waals surface area contributed by atoms with Crippen LogP contribution in [0.5, 0.6) is 0 Å². The number of hydrogen-bond acceptors (Lipinski definition) is 4. The summed E-state index contributed by atoms with van der Waals surface area (Å²) >= 11 is 0. The third kappa shape index (κ3) is 2.68. The molecular weight excluding hydrogens is 266 g/mol. The molecule has 0 bridgehead atoms. The van der Waals surface area contributed by atoms with Crippen LogP contribution in [0.4, 0.5) is 0 Å². The molecule has 0 aliphatic carbocycles. The van der Waals surface area contributed by atoms with Gasteiger partial charge >= 0.3 is 0 Å². The van der Waals surface area contributed by atoms with E-state index >= 15 is 0 Å². The fourth-order valence-corrected chi connectivity index (χ4v) is 4.50. The quantitative estimate of drug-likeness (QED) is 0.865. The van der Waals surface area contributed by atoms with Crippen LogP contribution in [0.2, 0.25) is 0 Å². The summed E-state index contributed by atoms with van der Waals surface area (Å²) < 4.78 is 26.9. The molecule has 1 aromatic rings.